The van der Waals surface area contributed by atoms with Gasteiger partial charge in [-0.05, 0) is 13.8 Å². The van der Waals surface area contributed by atoms with Crippen molar-refractivity contribution in [2.24, 2.45) is 7.05 Å². The highest BCUT2D eigenvalue weighted by Crippen LogP contribution is 2.21. The highest BCUT2D eigenvalue weighted by atomic mass is 19.4. The summed E-state index contributed by atoms with van der Waals surface area (Å²) in [6, 6.07) is 0. The Morgan fingerprint density at radius 3 is 2.36 bits per heavy atom. The molecule has 3 rings (SSSR count). The molecule has 180 valence electrons. The van der Waals surface area contributed by atoms with Crippen LogP contribution in [-0.2, 0) is 34.5 Å². The third-order valence-corrected chi connectivity index (χ3v) is 5.02. The molecule has 0 aliphatic carbocycles. The Labute approximate surface area is 185 Å². The Morgan fingerprint density at radius 1 is 1.15 bits per heavy atom. The summed E-state index contributed by atoms with van der Waals surface area (Å²) in [7, 11) is 1.33. The molecule has 33 heavy (non-hydrogen) atoms. The van der Waals surface area contributed by atoms with E-state index in [9.17, 15) is 32.3 Å². The van der Waals surface area contributed by atoms with E-state index in [0.717, 1.165) is 10.1 Å². The summed E-state index contributed by atoms with van der Waals surface area (Å²) in [5, 5.41) is 3.21. The van der Waals surface area contributed by atoms with Gasteiger partial charge in [0.2, 0.25) is 5.95 Å². The van der Waals surface area contributed by atoms with Crippen molar-refractivity contribution in [1.29, 1.82) is 0 Å². The van der Waals surface area contributed by atoms with E-state index >= 15 is 0 Å². The van der Waals surface area contributed by atoms with Crippen LogP contribution in [-0.4, -0.2) is 63.0 Å². The number of aryl methyl sites for hydroxylation is 1. The average molecular weight is 472 g/mol. The summed E-state index contributed by atoms with van der Waals surface area (Å²) in [5.41, 5.74) is -0.888. The first-order valence-electron chi connectivity index (χ1n) is 10.0. The molecule has 2 aromatic rings. The number of nitrogens with zero attached hydrogens (tertiary/aromatic N) is 5. The Morgan fingerprint density at radius 2 is 1.79 bits per heavy atom. The zero-order valence-electron chi connectivity index (χ0n) is 18.2. The second-order valence-corrected chi connectivity index (χ2v) is 7.71. The molecule has 0 aromatic carbocycles. The largest absolute Gasteiger partial charge is 0.491 e. The fourth-order valence-electron chi connectivity index (χ4n) is 3.38. The summed E-state index contributed by atoms with van der Waals surface area (Å²) in [6.07, 6.45) is -3.55. The van der Waals surface area contributed by atoms with Crippen LogP contribution in [0.5, 0.6) is 0 Å². The number of carbonyl (C=O) groups is 2. The van der Waals surface area contributed by atoms with Crippen molar-refractivity contribution in [3.63, 3.8) is 0 Å². The number of anilines is 1. The van der Waals surface area contributed by atoms with Crippen LogP contribution in [0, 0.1) is 0 Å². The lowest BCUT2D eigenvalue weighted by Crippen LogP contribution is -2.44. The molecule has 1 saturated heterocycles. The van der Waals surface area contributed by atoms with Crippen LogP contribution < -0.4 is 21.5 Å². The maximum atomic E-state index is 13.2. The third kappa shape index (κ3) is 4.99. The van der Waals surface area contributed by atoms with Gasteiger partial charge in [0.05, 0.1) is 0 Å². The number of allylic oxidation sites excluding steroid dienone is 2. The van der Waals surface area contributed by atoms with Gasteiger partial charge in [-0.2, -0.15) is 18.2 Å². The summed E-state index contributed by atoms with van der Waals surface area (Å²) in [4.78, 5) is 55.2. The van der Waals surface area contributed by atoms with E-state index in [1.165, 1.54) is 7.05 Å². The van der Waals surface area contributed by atoms with Crippen LogP contribution in [0.1, 0.15) is 13.8 Å². The fraction of sp³-hybridized carbons (Fsp3) is 0.526. The number of ether oxygens (including phenoxy) is 1. The molecular weight excluding hydrogens is 449 g/mol. The zero-order valence-corrected chi connectivity index (χ0v) is 18.2. The van der Waals surface area contributed by atoms with Crippen LogP contribution in [0.4, 0.5) is 19.1 Å². The van der Waals surface area contributed by atoms with Crippen molar-refractivity contribution in [2.75, 3.05) is 31.1 Å². The fourth-order valence-corrected chi connectivity index (χ4v) is 3.38. The number of piperazine rings is 1. The number of aromatic nitrogens is 4. The minimum absolute atomic E-state index is 0.00178. The van der Waals surface area contributed by atoms with Crippen molar-refractivity contribution < 1.29 is 27.5 Å². The highest BCUT2D eigenvalue weighted by molar-refractivity contribution is 5.88. The SMILES string of the molecule is CC(C)=CCn1c(N2CCNCC2)nc2c1c(=O)n(CC(=O)OC(=O)C(F)(F)F)c(=O)n2C. The van der Waals surface area contributed by atoms with Crippen molar-refractivity contribution in [3.05, 3.63) is 32.5 Å². The molecule has 0 atom stereocenters. The molecule has 1 aliphatic heterocycles. The van der Waals surface area contributed by atoms with Crippen LogP contribution in [0.3, 0.4) is 0 Å². The van der Waals surface area contributed by atoms with Crippen LogP contribution in [0.25, 0.3) is 11.2 Å². The number of fused-ring (bicyclic) bond motifs is 1. The number of nitrogens with one attached hydrogen (secondary N) is 1. The monoisotopic (exact) mass is 472 g/mol. The Hall–Kier alpha value is -3.42. The molecule has 1 fully saturated rings. The van der Waals surface area contributed by atoms with Gasteiger partial charge in [-0.1, -0.05) is 11.6 Å². The van der Waals surface area contributed by atoms with Gasteiger partial charge in [0.1, 0.15) is 6.54 Å². The lowest BCUT2D eigenvalue weighted by atomic mass is 10.3. The first kappa shape index (κ1) is 24.2. The van der Waals surface area contributed by atoms with E-state index in [1.54, 1.807) is 4.57 Å². The van der Waals surface area contributed by atoms with Crippen molar-refractivity contribution in [1.82, 2.24) is 24.0 Å². The van der Waals surface area contributed by atoms with Gasteiger partial charge >= 0.3 is 23.8 Å². The number of esters is 2. The van der Waals surface area contributed by atoms with Gasteiger partial charge in [-0.3, -0.25) is 9.36 Å². The molecule has 0 amide bonds. The smallest absolute Gasteiger partial charge is 0.385 e. The first-order chi connectivity index (χ1) is 15.4. The number of rotatable bonds is 5. The molecular formula is C19H23F3N6O5. The van der Waals surface area contributed by atoms with E-state index in [1.807, 2.05) is 24.8 Å². The van der Waals surface area contributed by atoms with Crippen LogP contribution >= 0.6 is 0 Å². The normalized spacial score (nSPS) is 14.4. The minimum atomic E-state index is -5.39. The molecule has 3 heterocycles. The van der Waals surface area contributed by atoms with E-state index in [2.05, 4.69) is 15.0 Å². The summed E-state index contributed by atoms with van der Waals surface area (Å²) >= 11 is 0. The molecule has 0 spiro atoms. The number of imidazole rings is 1. The molecule has 0 unspecified atom stereocenters. The van der Waals surface area contributed by atoms with Crippen molar-refractivity contribution in [3.8, 4) is 0 Å². The maximum Gasteiger partial charge on any atom is 0.491 e. The van der Waals surface area contributed by atoms with E-state index in [4.69, 9.17) is 0 Å². The molecule has 1 N–H and O–H groups in total. The minimum Gasteiger partial charge on any atom is -0.385 e. The number of alkyl halides is 3. The first-order valence-corrected chi connectivity index (χ1v) is 10.0. The van der Waals surface area contributed by atoms with Crippen LogP contribution in [0.15, 0.2) is 21.2 Å². The van der Waals surface area contributed by atoms with E-state index in [0.29, 0.717) is 36.7 Å². The van der Waals surface area contributed by atoms with E-state index in [-0.39, 0.29) is 17.7 Å². The van der Waals surface area contributed by atoms with Gasteiger partial charge in [0.15, 0.2) is 11.2 Å². The molecule has 0 radical (unpaired) electrons. The molecule has 11 nitrogen and oxygen atoms in total. The lowest BCUT2D eigenvalue weighted by Gasteiger charge is -2.28. The zero-order chi connectivity index (χ0) is 24.5. The van der Waals surface area contributed by atoms with E-state index < -0.39 is 35.9 Å². The molecule has 1 aliphatic rings. The second-order valence-electron chi connectivity index (χ2n) is 7.71. The third-order valence-electron chi connectivity index (χ3n) is 5.02. The van der Waals surface area contributed by atoms with Gasteiger partial charge in [-0.25, -0.2) is 19.0 Å². The summed E-state index contributed by atoms with van der Waals surface area (Å²) in [6.45, 7) is 5.39. The van der Waals surface area contributed by atoms with Crippen molar-refractivity contribution in [2.45, 2.75) is 33.1 Å². The molecule has 0 saturated carbocycles. The number of hydrogen-bond acceptors (Lipinski definition) is 8. The Bertz CT molecular complexity index is 1230. The lowest BCUT2D eigenvalue weighted by molar-refractivity contribution is -0.202. The maximum absolute atomic E-state index is 13.2. The Balaban J connectivity index is 2.13. The topological polar surface area (TPSA) is 120 Å². The van der Waals surface area contributed by atoms with Crippen LogP contribution in [0.2, 0.25) is 0 Å². The molecule has 2 aromatic heterocycles. The average Bonchev–Trinajstić information content (AvgIpc) is 3.13. The quantitative estimate of drug-likeness (QED) is 0.364. The van der Waals surface area contributed by atoms with Gasteiger partial charge in [0, 0.05) is 39.8 Å². The predicted octanol–water partition coefficient (Wildman–Crippen LogP) is -0.0954. The molecule has 0 bridgehead atoms. The number of halogens is 3. The van der Waals surface area contributed by atoms with Crippen molar-refractivity contribution >= 4 is 29.1 Å². The van der Waals surface area contributed by atoms with Gasteiger partial charge in [-0.15, -0.1) is 0 Å². The summed E-state index contributed by atoms with van der Waals surface area (Å²) in [5.74, 6) is -3.97. The standard InChI is InChI=1S/C19H23F3N6O5/c1-11(2)4-7-27-13-14(24-17(27)26-8-5-23-6-9-26)25(3)18(32)28(15(13)30)10-12(29)33-16(31)19(20,21)22/h4,23H,5-10H2,1-3H3. The predicted molar refractivity (Wildman–Crippen MR) is 111 cm³/mol. The summed E-state index contributed by atoms with van der Waals surface area (Å²) < 4.78 is 43.9. The number of carbonyl (C=O) groups excluding carboxylic acids is 2. The Kier molecular flexibility index (Phi) is 6.76. The molecule has 14 heteroatoms. The number of hydrogen-bond donors (Lipinski definition) is 1. The second kappa shape index (κ2) is 9.21. The highest BCUT2D eigenvalue weighted by Gasteiger charge is 2.42. The van der Waals surface area contributed by atoms with Gasteiger partial charge < -0.3 is 19.5 Å². The van der Waals surface area contributed by atoms with Gasteiger partial charge in [0.25, 0.3) is 5.56 Å².